The highest BCUT2D eigenvalue weighted by Gasteiger charge is 2.19. The van der Waals surface area contributed by atoms with Crippen LogP contribution in [0.25, 0.3) is 32.3 Å². The molecule has 5 aromatic rings. The smallest absolute Gasteiger partial charge is 0.200 e. The van der Waals surface area contributed by atoms with Crippen molar-refractivity contribution in [2.24, 2.45) is 0 Å². The van der Waals surface area contributed by atoms with Crippen molar-refractivity contribution < 1.29 is 4.74 Å². The third-order valence-electron chi connectivity index (χ3n) is 4.76. The first-order valence-corrected chi connectivity index (χ1v) is 10.3. The van der Waals surface area contributed by atoms with Crippen LogP contribution in [0.5, 0.6) is 5.75 Å². The second-order valence-corrected chi connectivity index (χ2v) is 7.94. The Bertz CT molecular complexity index is 1380. The fourth-order valence-corrected chi connectivity index (χ4v) is 4.79. The fraction of sp³-hybridized carbons (Fsp3) is 0.0952. The van der Waals surface area contributed by atoms with E-state index in [1.807, 2.05) is 58.6 Å². The van der Waals surface area contributed by atoms with Crippen LogP contribution in [0, 0.1) is 11.7 Å². The van der Waals surface area contributed by atoms with E-state index in [1.165, 1.54) is 0 Å². The van der Waals surface area contributed by atoms with Crippen LogP contribution in [-0.2, 0) is 0 Å². The average molecular weight is 420 g/mol. The first-order chi connectivity index (χ1) is 14.2. The molecule has 3 heterocycles. The second-order valence-electron chi connectivity index (χ2n) is 6.52. The molecule has 1 N–H and O–H groups in total. The summed E-state index contributed by atoms with van der Waals surface area (Å²) in [6.07, 6.45) is 0. The minimum atomic E-state index is 0.517. The summed E-state index contributed by atoms with van der Waals surface area (Å²) in [4.78, 5) is 2.08. The molecule has 0 aliphatic rings. The summed E-state index contributed by atoms with van der Waals surface area (Å²) >= 11 is 7.17. The van der Waals surface area contributed by atoms with E-state index in [4.69, 9.17) is 22.1 Å². The third-order valence-corrected chi connectivity index (χ3v) is 6.14. The van der Waals surface area contributed by atoms with Gasteiger partial charge in [0.2, 0.25) is 0 Å². The number of methoxy groups -OCH3 is 1. The maximum absolute atomic E-state index is 5.54. The Hall–Kier alpha value is -3.23. The monoisotopic (exact) mass is 419 g/mol. The lowest BCUT2D eigenvalue weighted by Crippen LogP contribution is -2.00. The lowest BCUT2D eigenvalue weighted by atomic mass is 10.2. The second kappa shape index (κ2) is 6.98. The van der Waals surface area contributed by atoms with E-state index in [0.29, 0.717) is 4.77 Å². The van der Waals surface area contributed by atoms with E-state index >= 15 is 0 Å². The maximum Gasteiger partial charge on any atom is 0.200 e. The molecule has 0 aliphatic heterocycles. The van der Waals surface area contributed by atoms with Gasteiger partial charge in [-0.15, -0.1) is 11.3 Å². The molecule has 0 aliphatic carbocycles. The lowest BCUT2D eigenvalue weighted by Gasteiger charge is -2.10. The van der Waals surface area contributed by atoms with E-state index in [-0.39, 0.29) is 0 Å². The quantitative estimate of drug-likeness (QED) is 0.401. The first-order valence-electron chi connectivity index (χ1n) is 9.03. The van der Waals surface area contributed by atoms with Crippen LogP contribution >= 0.6 is 23.6 Å². The van der Waals surface area contributed by atoms with E-state index in [9.17, 15) is 0 Å². The Morgan fingerprint density at radius 3 is 2.62 bits per heavy atom. The predicted molar refractivity (Wildman–Crippen MR) is 118 cm³/mol. The van der Waals surface area contributed by atoms with Gasteiger partial charge in [-0.05, 0) is 49.5 Å². The number of H-pyrrole nitrogens is 1. The van der Waals surface area contributed by atoms with Crippen LogP contribution in [0.1, 0.15) is 5.69 Å². The Morgan fingerprint density at radius 2 is 1.83 bits per heavy atom. The number of fused-ring (bicyclic) bond motifs is 1. The van der Waals surface area contributed by atoms with Gasteiger partial charge < -0.3 is 4.74 Å². The molecule has 0 radical (unpaired) electrons. The molecule has 0 saturated heterocycles. The summed E-state index contributed by atoms with van der Waals surface area (Å²) in [6, 6.07) is 20.0. The number of aromatic amines is 1. The van der Waals surface area contributed by atoms with Gasteiger partial charge in [0.25, 0.3) is 0 Å². The molecule has 8 heteroatoms. The highest BCUT2D eigenvalue weighted by molar-refractivity contribution is 7.71. The predicted octanol–water partition coefficient (Wildman–Crippen LogP) is 5.31. The van der Waals surface area contributed by atoms with Gasteiger partial charge in [0.1, 0.15) is 10.6 Å². The molecule has 29 heavy (non-hydrogen) atoms. The summed E-state index contributed by atoms with van der Waals surface area (Å²) in [6.45, 7) is 2.02. The molecule has 6 nitrogen and oxygen atoms in total. The Kier molecular flexibility index (Phi) is 4.30. The summed E-state index contributed by atoms with van der Waals surface area (Å²) < 4.78 is 9.94. The molecule has 0 saturated carbocycles. The molecule has 0 unspecified atom stereocenters. The van der Waals surface area contributed by atoms with Gasteiger partial charge in [-0.3, -0.25) is 9.67 Å². The van der Waals surface area contributed by atoms with Crippen molar-refractivity contribution in [3.63, 3.8) is 0 Å². The number of nitrogens with zero attached hydrogens (tertiary/aromatic N) is 4. The van der Waals surface area contributed by atoms with E-state index in [1.54, 1.807) is 18.4 Å². The van der Waals surface area contributed by atoms with Crippen LogP contribution in [0.2, 0.25) is 0 Å². The molecule has 0 bridgehead atoms. The largest absolute Gasteiger partial charge is 0.495 e. The summed E-state index contributed by atoms with van der Waals surface area (Å²) in [5, 5.41) is 13.3. The highest BCUT2D eigenvalue weighted by atomic mass is 32.1. The molecular weight excluding hydrogens is 402 g/mol. The first kappa shape index (κ1) is 17.8. The minimum Gasteiger partial charge on any atom is -0.495 e. The van der Waals surface area contributed by atoms with Crippen LogP contribution in [-0.4, -0.2) is 31.7 Å². The number of aryl methyl sites for hydroxylation is 1. The zero-order valence-corrected chi connectivity index (χ0v) is 17.4. The topological polar surface area (TPSA) is 60.7 Å². The number of nitrogens with one attached hydrogen (secondary N) is 1. The van der Waals surface area contributed by atoms with Gasteiger partial charge in [0.15, 0.2) is 10.6 Å². The molecule has 0 spiro atoms. The van der Waals surface area contributed by atoms with E-state index < -0.39 is 0 Å². The zero-order valence-electron chi connectivity index (χ0n) is 15.8. The standard InChI is InChI=1S/C21H17N5OS2/c1-13-15-12-18(29-20(15)26(24-13)14-8-4-3-5-9-14)19-22-23-21(28)25(19)16-10-6-7-11-17(16)27-2/h3-12H,1-2H3,(H,23,28). The number of ether oxygens (including phenoxy) is 1. The van der Waals surface area contributed by atoms with Crippen LogP contribution in [0.4, 0.5) is 0 Å². The highest BCUT2D eigenvalue weighted by Crippen LogP contribution is 2.37. The van der Waals surface area contributed by atoms with Crippen LogP contribution in [0.15, 0.2) is 60.7 Å². The molecule has 5 rings (SSSR count). The summed E-state index contributed by atoms with van der Waals surface area (Å²) in [7, 11) is 1.65. The van der Waals surface area contributed by atoms with Gasteiger partial charge in [-0.2, -0.15) is 10.2 Å². The number of hydrogen-bond acceptors (Lipinski definition) is 5. The van der Waals surface area contributed by atoms with Gasteiger partial charge in [0, 0.05) is 5.39 Å². The van der Waals surface area contributed by atoms with Crippen molar-refractivity contribution in [2.45, 2.75) is 6.92 Å². The van der Waals surface area contributed by atoms with Crippen molar-refractivity contribution in [3.05, 3.63) is 71.1 Å². The van der Waals surface area contributed by atoms with Gasteiger partial charge in [-0.25, -0.2) is 4.68 Å². The number of hydrogen-bond donors (Lipinski definition) is 1. The molecule has 3 aromatic heterocycles. The maximum atomic E-state index is 5.54. The van der Waals surface area contributed by atoms with Gasteiger partial charge in [0.05, 0.1) is 29.1 Å². The van der Waals surface area contributed by atoms with Crippen molar-refractivity contribution in [2.75, 3.05) is 7.11 Å². The Morgan fingerprint density at radius 1 is 1.07 bits per heavy atom. The average Bonchev–Trinajstić information content (AvgIpc) is 3.43. The number of para-hydroxylation sites is 3. The van der Waals surface area contributed by atoms with E-state index in [2.05, 4.69) is 28.4 Å². The summed E-state index contributed by atoms with van der Waals surface area (Å²) in [5.74, 6) is 1.48. The number of thiophene rings is 1. The molecule has 2 aromatic carbocycles. The van der Waals surface area contributed by atoms with Crippen molar-refractivity contribution >= 4 is 33.8 Å². The van der Waals surface area contributed by atoms with Gasteiger partial charge in [-0.1, -0.05) is 30.3 Å². The van der Waals surface area contributed by atoms with Gasteiger partial charge >= 0.3 is 0 Å². The molecule has 144 valence electrons. The Balaban J connectivity index is 1.72. The lowest BCUT2D eigenvalue weighted by molar-refractivity contribution is 0.413. The van der Waals surface area contributed by atoms with Crippen molar-refractivity contribution in [3.8, 4) is 27.8 Å². The zero-order chi connectivity index (χ0) is 20.0. The minimum absolute atomic E-state index is 0.517. The number of rotatable bonds is 4. The molecule has 0 atom stereocenters. The molecule has 0 fully saturated rings. The third kappa shape index (κ3) is 2.88. The normalized spacial score (nSPS) is 11.2. The van der Waals surface area contributed by atoms with Crippen molar-refractivity contribution in [1.82, 2.24) is 24.5 Å². The van der Waals surface area contributed by atoms with E-state index in [0.717, 1.165) is 43.7 Å². The fourth-order valence-electron chi connectivity index (χ4n) is 3.40. The number of benzene rings is 2. The van der Waals surface area contributed by atoms with Crippen LogP contribution < -0.4 is 4.74 Å². The SMILES string of the molecule is COc1ccccc1-n1c(-c2cc3c(C)nn(-c4ccccc4)c3s2)n[nH]c1=S. The summed E-state index contributed by atoms with van der Waals surface area (Å²) in [5.41, 5.74) is 2.86. The molecular formula is C21H17N5OS2. The van der Waals surface area contributed by atoms with Crippen molar-refractivity contribution in [1.29, 1.82) is 0 Å². The number of aromatic nitrogens is 5. The molecule has 0 amide bonds. The Labute approximate surface area is 176 Å². The van der Waals surface area contributed by atoms with Crippen LogP contribution in [0.3, 0.4) is 0 Å².